The highest BCUT2D eigenvalue weighted by atomic mass is 16.7. The predicted molar refractivity (Wildman–Crippen MR) is 163 cm³/mol. The van der Waals surface area contributed by atoms with Crippen molar-refractivity contribution in [3.8, 4) is 17.2 Å². The van der Waals surface area contributed by atoms with Crippen LogP contribution in [0.2, 0.25) is 0 Å². The first-order chi connectivity index (χ1) is 22.8. The van der Waals surface area contributed by atoms with Gasteiger partial charge in [0.05, 0.1) is 48.7 Å². The van der Waals surface area contributed by atoms with Crippen molar-refractivity contribution in [2.45, 2.75) is 94.9 Å². The number of ketones is 3. The average molecular weight is 670 g/mol. The SMILES string of the molecule is COc1cccc2c1C(=O)c1c(O)c3c(c(O)c1C2=O)C[C@@](O)(C(=O)COC(C)C)C[C@@H]3O[C@H]1C[C@H]2[C@H](O[C@@H]3[C@@H](O)OCCN32)[C@H](C)O1. The van der Waals surface area contributed by atoms with Crippen molar-refractivity contribution < 1.29 is 63.2 Å². The monoisotopic (exact) mass is 669 g/mol. The molecule has 0 unspecified atom stereocenters. The molecule has 8 atom stereocenters. The predicted octanol–water partition coefficient (Wildman–Crippen LogP) is 1.49. The number of aromatic hydroxyl groups is 2. The van der Waals surface area contributed by atoms with E-state index in [9.17, 15) is 34.8 Å². The molecule has 14 nitrogen and oxygen atoms in total. The molecule has 14 heteroatoms. The number of benzene rings is 2. The van der Waals surface area contributed by atoms with Gasteiger partial charge in [-0.1, -0.05) is 12.1 Å². The third-order valence-electron chi connectivity index (χ3n) is 10.0. The molecule has 3 aliphatic heterocycles. The van der Waals surface area contributed by atoms with Crippen LogP contribution in [0.4, 0.5) is 0 Å². The number of nitrogens with zero attached hydrogens (tertiary/aromatic N) is 1. The highest BCUT2D eigenvalue weighted by molar-refractivity contribution is 6.31. The lowest BCUT2D eigenvalue weighted by Gasteiger charge is -2.43. The van der Waals surface area contributed by atoms with Gasteiger partial charge in [0.1, 0.15) is 35.6 Å². The van der Waals surface area contributed by atoms with Crippen LogP contribution in [-0.4, -0.2) is 118 Å². The summed E-state index contributed by atoms with van der Waals surface area (Å²) < 4.78 is 35.0. The van der Waals surface area contributed by atoms with E-state index in [-0.39, 0.29) is 53.0 Å². The molecule has 3 fully saturated rings. The van der Waals surface area contributed by atoms with Crippen LogP contribution >= 0.6 is 0 Å². The Kier molecular flexibility index (Phi) is 8.36. The van der Waals surface area contributed by atoms with Crippen LogP contribution < -0.4 is 4.74 Å². The molecule has 0 aromatic heterocycles. The number of hydrogen-bond donors (Lipinski definition) is 4. The minimum atomic E-state index is -2.13. The Morgan fingerprint density at radius 2 is 1.85 bits per heavy atom. The number of phenols is 2. The molecule has 3 heterocycles. The van der Waals surface area contributed by atoms with Crippen molar-refractivity contribution in [1.29, 1.82) is 0 Å². The Hall–Kier alpha value is -3.47. The first-order valence-electron chi connectivity index (χ1n) is 16.1. The van der Waals surface area contributed by atoms with E-state index in [1.807, 2.05) is 4.90 Å². The van der Waals surface area contributed by atoms with Gasteiger partial charge in [0.2, 0.25) is 5.78 Å². The quantitative estimate of drug-likeness (QED) is 0.265. The molecule has 48 heavy (non-hydrogen) atoms. The second-order valence-corrected chi connectivity index (χ2v) is 13.3. The van der Waals surface area contributed by atoms with Crippen molar-refractivity contribution in [2.75, 3.05) is 26.9 Å². The number of Topliss-reactive ketones (excluding diaryl/α,β-unsaturated/α-hetero) is 1. The van der Waals surface area contributed by atoms with E-state index in [0.29, 0.717) is 13.2 Å². The highest BCUT2D eigenvalue weighted by Gasteiger charge is 2.55. The Morgan fingerprint density at radius 1 is 1.10 bits per heavy atom. The van der Waals surface area contributed by atoms with Gasteiger partial charge in [-0.3, -0.25) is 19.3 Å². The van der Waals surface area contributed by atoms with Crippen LogP contribution in [-0.2, 0) is 34.9 Å². The van der Waals surface area contributed by atoms with Gasteiger partial charge in [0.25, 0.3) is 0 Å². The number of carbonyl (C=O) groups excluding carboxylic acids is 3. The van der Waals surface area contributed by atoms with E-state index < -0.39 is 95.7 Å². The van der Waals surface area contributed by atoms with Gasteiger partial charge in [0.15, 0.2) is 30.4 Å². The number of phenolic OH excluding ortho intramolecular Hbond substituents is 2. The lowest BCUT2D eigenvalue weighted by Crippen LogP contribution is -2.55. The number of rotatable bonds is 7. The van der Waals surface area contributed by atoms with Gasteiger partial charge in [-0.25, -0.2) is 0 Å². The summed E-state index contributed by atoms with van der Waals surface area (Å²) in [5, 5.41) is 45.8. The smallest absolute Gasteiger partial charge is 0.202 e. The molecule has 0 spiro atoms. The highest BCUT2D eigenvalue weighted by Crippen LogP contribution is 2.53. The molecular weight excluding hydrogens is 630 g/mol. The van der Waals surface area contributed by atoms with Crippen LogP contribution in [0.1, 0.15) is 82.7 Å². The molecule has 2 aromatic rings. The number of ether oxygens (including phenoxy) is 6. The van der Waals surface area contributed by atoms with Crippen molar-refractivity contribution >= 4 is 17.3 Å². The second kappa shape index (κ2) is 12.1. The lowest BCUT2D eigenvalue weighted by molar-refractivity contribution is -0.252. The van der Waals surface area contributed by atoms with Crippen LogP contribution in [0.5, 0.6) is 17.2 Å². The van der Waals surface area contributed by atoms with Crippen LogP contribution in [0.3, 0.4) is 0 Å². The van der Waals surface area contributed by atoms with Gasteiger partial charge in [-0.2, -0.15) is 0 Å². The van der Waals surface area contributed by atoms with Gasteiger partial charge < -0.3 is 48.8 Å². The Labute approximate surface area is 276 Å². The first kappa shape index (κ1) is 33.0. The van der Waals surface area contributed by atoms with Crippen molar-refractivity contribution in [2.24, 2.45) is 0 Å². The minimum Gasteiger partial charge on any atom is -0.507 e. The number of morpholine rings is 1. The summed E-state index contributed by atoms with van der Waals surface area (Å²) in [6.45, 7) is 5.65. The fourth-order valence-corrected chi connectivity index (χ4v) is 7.75. The zero-order valence-corrected chi connectivity index (χ0v) is 27.0. The molecular formula is C34H39NO13. The lowest BCUT2D eigenvalue weighted by atomic mass is 9.72. The molecule has 2 aromatic carbocycles. The molecule has 258 valence electrons. The van der Waals surface area contributed by atoms with Gasteiger partial charge in [0, 0.05) is 48.5 Å². The summed E-state index contributed by atoms with van der Waals surface area (Å²) in [6, 6.07) is 4.23. The molecule has 3 saturated heterocycles. The fraction of sp³-hybridized carbons (Fsp3) is 0.559. The van der Waals surface area contributed by atoms with Crippen molar-refractivity contribution in [3.63, 3.8) is 0 Å². The van der Waals surface area contributed by atoms with Gasteiger partial charge in [-0.05, 0) is 26.8 Å². The van der Waals surface area contributed by atoms with E-state index in [4.69, 9.17) is 28.4 Å². The number of fused-ring (bicyclic) bond motifs is 6. The number of hydrogen-bond acceptors (Lipinski definition) is 14. The van der Waals surface area contributed by atoms with E-state index in [1.165, 1.54) is 25.3 Å². The van der Waals surface area contributed by atoms with E-state index in [1.54, 1.807) is 20.8 Å². The topological polar surface area (TPSA) is 191 Å². The Morgan fingerprint density at radius 3 is 2.58 bits per heavy atom. The number of aliphatic hydroxyl groups is 2. The van der Waals surface area contributed by atoms with E-state index in [2.05, 4.69) is 0 Å². The maximum atomic E-state index is 14.0. The summed E-state index contributed by atoms with van der Waals surface area (Å²) in [5.74, 6) is -3.27. The van der Waals surface area contributed by atoms with Gasteiger partial charge in [-0.15, -0.1) is 0 Å². The fourth-order valence-electron chi connectivity index (χ4n) is 7.75. The largest absolute Gasteiger partial charge is 0.507 e. The molecule has 0 radical (unpaired) electrons. The second-order valence-electron chi connectivity index (χ2n) is 13.3. The zero-order chi connectivity index (χ0) is 34.2. The maximum absolute atomic E-state index is 14.0. The summed E-state index contributed by atoms with van der Waals surface area (Å²) in [4.78, 5) is 43.3. The van der Waals surface area contributed by atoms with Crippen LogP contribution in [0.25, 0.3) is 0 Å². The Bertz CT molecular complexity index is 1670. The minimum absolute atomic E-state index is 0.0220. The summed E-state index contributed by atoms with van der Waals surface area (Å²) in [5.41, 5.74) is -3.20. The first-order valence-corrected chi connectivity index (χ1v) is 16.1. The molecule has 2 aliphatic carbocycles. The van der Waals surface area contributed by atoms with Crippen LogP contribution in [0.15, 0.2) is 18.2 Å². The summed E-state index contributed by atoms with van der Waals surface area (Å²) >= 11 is 0. The van der Waals surface area contributed by atoms with Crippen LogP contribution in [0, 0.1) is 0 Å². The summed E-state index contributed by atoms with van der Waals surface area (Å²) in [7, 11) is 1.35. The number of carbonyl (C=O) groups is 3. The van der Waals surface area contributed by atoms with E-state index >= 15 is 0 Å². The van der Waals surface area contributed by atoms with Gasteiger partial charge >= 0.3 is 0 Å². The molecule has 0 saturated carbocycles. The normalized spacial score (nSPS) is 32.7. The average Bonchev–Trinajstić information content (AvgIpc) is 3.44. The maximum Gasteiger partial charge on any atom is 0.202 e. The van der Waals surface area contributed by atoms with Crippen molar-refractivity contribution in [1.82, 2.24) is 4.90 Å². The molecule has 0 amide bonds. The van der Waals surface area contributed by atoms with E-state index in [0.717, 1.165) is 0 Å². The third kappa shape index (κ3) is 5.13. The molecule has 4 N–H and O–H groups in total. The number of aliphatic hydroxyl groups excluding tert-OH is 1. The number of methoxy groups -OCH3 is 1. The molecule has 0 bridgehead atoms. The zero-order valence-electron chi connectivity index (χ0n) is 27.0. The summed E-state index contributed by atoms with van der Waals surface area (Å²) in [6.07, 6.45) is -5.87. The standard InChI is InChI=1S/C34H39NO13/c1-14(2)45-13-21(36)34(42)11-17-24(30(40)26-25(28(17)38)27(37)16-6-5-7-19(43-4)23(16)29(26)39)20(12-34)47-22-10-18-31(15(3)46-22)48-32-33(41)44-9-8-35(18)32/h5-7,14-15,18,20,22,31-33,38,40-42H,8-13H2,1-4H3/t15-,18-,20-,22-,31+,32+,33-,34-/m0/s1. The molecule has 5 aliphatic rings. The van der Waals surface area contributed by atoms with Crippen molar-refractivity contribution in [3.05, 3.63) is 51.6 Å². The third-order valence-corrected chi connectivity index (χ3v) is 10.0. The molecule has 7 rings (SSSR count). The Balaban J connectivity index is 1.30.